The second-order valence-corrected chi connectivity index (χ2v) is 6.32. The first-order valence-corrected chi connectivity index (χ1v) is 7.71. The van der Waals surface area contributed by atoms with Crippen molar-refractivity contribution in [1.29, 1.82) is 0 Å². The molecule has 5 heteroatoms. The van der Waals surface area contributed by atoms with Crippen LogP contribution in [0.25, 0.3) is 0 Å². The van der Waals surface area contributed by atoms with E-state index in [0.29, 0.717) is 6.61 Å². The van der Waals surface area contributed by atoms with Gasteiger partial charge in [-0.3, -0.25) is 0 Å². The molecule has 0 bridgehead atoms. The van der Waals surface area contributed by atoms with Crippen molar-refractivity contribution in [3.8, 4) is 0 Å². The molecular weight excluding hydrogens is 296 g/mol. The molecule has 0 unspecified atom stereocenters. The van der Waals surface area contributed by atoms with Gasteiger partial charge in [-0.05, 0) is 18.6 Å². The highest BCUT2D eigenvalue weighted by Crippen LogP contribution is 2.65. The van der Waals surface area contributed by atoms with E-state index in [0.717, 1.165) is 11.6 Å². The minimum atomic E-state index is -1.52. The van der Waals surface area contributed by atoms with E-state index in [1.807, 2.05) is 30.3 Å². The zero-order valence-corrected chi connectivity index (χ0v) is 13.8. The zero-order valence-electron chi connectivity index (χ0n) is 13.8. The Morgan fingerprint density at radius 3 is 2.48 bits per heavy atom. The van der Waals surface area contributed by atoms with E-state index in [1.54, 1.807) is 20.8 Å². The van der Waals surface area contributed by atoms with E-state index < -0.39 is 22.6 Å². The number of hydrogen-bond acceptors (Lipinski definition) is 5. The smallest absolute Gasteiger partial charge is 0.330 e. The normalized spacial score (nSPS) is 28.7. The molecule has 23 heavy (non-hydrogen) atoms. The van der Waals surface area contributed by atoms with Gasteiger partial charge in [0, 0.05) is 11.5 Å². The first kappa shape index (κ1) is 17.7. The number of carbonyl (C=O) groups excluding carboxylic acids is 1. The van der Waals surface area contributed by atoms with Crippen molar-refractivity contribution in [2.75, 3.05) is 13.2 Å². The second-order valence-electron chi connectivity index (χ2n) is 6.32. The van der Waals surface area contributed by atoms with Gasteiger partial charge in [0.1, 0.15) is 11.2 Å². The fraction of sp³-hybridized carbons (Fsp3) is 0.500. The summed E-state index contributed by atoms with van der Waals surface area (Å²) in [4.78, 5) is 11.4. The van der Waals surface area contributed by atoms with Crippen molar-refractivity contribution in [2.24, 2.45) is 5.41 Å². The lowest BCUT2D eigenvalue weighted by molar-refractivity contribution is -0.137. The molecule has 1 saturated carbocycles. The molecule has 1 aliphatic rings. The van der Waals surface area contributed by atoms with Crippen LogP contribution in [0.4, 0.5) is 0 Å². The molecule has 2 atom stereocenters. The number of aliphatic hydroxyl groups is 2. The molecule has 126 valence electrons. The maximum Gasteiger partial charge on any atom is 0.330 e. The van der Waals surface area contributed by atoms with Gasteiger partial charge in [-0.15, -0.1) is 0 Å². The molecule has 0 amide bonds. The second kappa shape index (κ2) is 6.43. The van der Waals surface area contributed by atoms with Crippen LogP contribution in [0.5, 0.6) is 0 Å². The Kier molecular flexibility index (Phi) is 4.94. The lowest BCUT2D eigenvalue weighted by Gasteiger charge is -2.14. The minimum Gasteiger partial charge on any atom is -0.463 e. The predicted octanol–water partition coefficient (Wildman–Crippen LogP) is 1.82. The average molecular weight is 320 g/mol. The largest absolute Gasteiger partial charge is 0.463 e. The number of rotatable bonds is 7. The summed E-state index contributed by atoms with van der Waals surface area (Å²) in [5, 5.41) is 21.4. The van der Waals surface area contributed by atoms with Gasteiger partial charge in [-0.1, -0.05) is 44.2 Å². The molecule has 1 aromatic carbocycles. The average Bonchev–Trinajstić information content (AvgIpc) is 2.86. The zero-order chi connectivity index (χ0) is 17.1. The maximum atomic E-state index is 11.4. The Hall–Kier alpha value is -1.69. The first-order valence-electron chi connectivity index (χ1n) is 7.71. The van der Waals surface area contributed by atoms with Gasteiger partial charge in [-0.2, -0.15) is 0 Å². The minimum absolute atomic E-state index is 0.0292. The number of benzene rings is 1. The first-order chi connectivity index (χ1) is 10.8. The molecule has 0 aromatic heterocycles. The standard InChI is InChI=1S/C18H24O5/c1-4-23-15(19)10-11-17(20)16(2,3)18(17,21)13-22-12-14-8-6-5-7-9-14/h5-11,20-21H,4,12-13H2,1-3H3/b11-10+/t17-,18-/m1/s1. The van der Waals surface area contributed by atoms with Crippen molar-refractivity contribution < 1.29 is 24.5 Å². The van der Waals surface area contributed by atoms with E-state index in [2.05, 4.69) is 0 Å². The van der Waals surface area contributed by atoms with E-state index in [-0.39, 0.29) is 13.2 Å². The lowest BCUT2D eigenvalue weighted by Crippen LogP contribution is -2.29. The quantitative estimate of drug-likeness (QED) is 0.592. The molecule has 5 nitrogen and oxygen atoms in total. The fourth-order valence-corrected chi connectivity index (χ4v) is 2.86. The molecule has 1 aliphatic carbocycles. The van der Waals surface area contributed by atoms with Gasteiger partial charge in [0.25, 0.3) is 0 Å². The third-order valence-electron chi connectivity index (χ3n) is 4.72. The molecule has 0 radical (unpaired) electrons. The van der Waals surface area contributed by atoms with Crippen LogP contribution in [0.2, 0.25) is 0 Å². The molecule has 0 spiro atoms. The van der Waals surface area contributed by atoms with Crippen LogP contribution in [0.3, 0.4) is 0 Å². The Bertz CT molecular complexity index is 580. The summed E-state index contributed by atoms with van der Waals surface area (Å²) in [6.45, 7) is 5.74. The molecule has 1 aromatic rings. The van der Waals surface area contributed by atoms with Crippen LogP contribution in [-0.2, 0) is 20.9 Å². The number of ether oxygens (including phenoxy) is 2. The SMILES string of the molecule is CCOC(=O)/C=C/[C@@]1(O)C(C)(C)[C@]1(O)COCc1ccccc1. The monoisotopic (exact) mass is 320 g/mol. The van der Waals surface area contributed by atoms with Crippen molar-refractivity contribution in [1.82, 2.24) is 0 Å². The summed E-state index contributed by atoms with van der Waals surface area (Å²) in [7, 11) is 0. The predicted molar refractivity (Wildman–Crippen MR) is 85.6 cm³/mol. The van der Waals surface area contributed by atoms with Crippen LogP contribution < -0.4 is 0 Å². The summed E-state index contributed by atoms with van der Waals surface area (Å²) in [5.74, 6) is -0.545. The molecule has 0 heterocycles. The summed E-state index contributed by atoms with van der Waals surface area (Å²) in [5.41, 5.74) is -2.80. The Balaban J connectivity index is 1.98. The maximum absolute atomic E-state index is 11.4. The van der Waals surface area contributed by atoms with Gasteiger partial charge in [0.05, 0.1) is 19.8 Å². The van der Waals surface area contributed by atoms with Crippen molar-refractivity contribution in [3.63, 3.8) is 0 Å². The van der Waals surface area contributed by atoms with Gasteiger partial charge >= 0.3 is 5.97 Å². The van der Waals surface area contributed by atoms with Gasteiger partial charge < -0.3 is 19.7 Å². The van der Waals surface area contributed by atoms with E-state index in [4.69, 9.17) is 9.47 Å². The van der Waals surface area contributed by atoms with Crippen molar-refractivity contribution in [2.45, 2.75) is 38.6 Å². The number of hydrogen-bond donors (Lipinski definition) is 2. The highest BCUT2D eigenvalue weighted by Gasteiger charge is 2.81. The fourth-order valence-electron chi connectivity index (χ4n) is 2.86. The Morgan fingerprint density at radius 2 is 1.87 bits per heavy atom. The third kappa shape index (κ3) is 3.04. The molecule has 0 saturated heterocycles. The van der Waals surface area contributed by atoms with Gasteiger partial charge in [0.15, 0.2) is 0 Å². The van der Waals surface area contributed by atoms with Crippen molar-refractivity contribution >= 4 is 5.97 Å². The summed E-state index contributed by atoms with van der Waals surface area (Å²) in [6.07, 6.45) is 2.46. The molecule has 1 fully saturated rings. The van der Waals surface area contributed by atoms with Gasteiger partial charge in [-0.25, -0.2) is 4.79 Å². The Morgan fingerprint density at radius 1 is 1.22 bits per heavy atom. The van der Waals surface area contributed by atoms with Crippen LogP contribution >= 0.6 is 0 Å². The number of esters is 1. The summed E-state index contributed by atoms with van der Waals surface area (Å²) in [6, 6.07) is 9.59. The third-order valence-corrected chi connectivity index (χ3v) is 4.72. The summed E-state index contributed by atoms with van der Waals surface area (Å²) < 4.78 is 10.4. The van der Waals surface area contributed by atoms with E-state index in [9.17, 15) is 15.0 Å². The van der Waals surface area contributed by atoms with Crippen LogP contribution in [0.1, 0.15) is 26.3 Å². The topological polar surface area (TPSA) is 76.0 Å². The van der Waals surface area contributed by atoms with Crippen LogP contribution in [-0.4, -0.2) is 40.6 Å². The van der Waals surface area contributed by atoms with Crippen LogP contribution in [0.15, 0.2) is 42.5 Å². The van der Waals surface area contributed by atoms with E-state index in [1.165, 1.54) is 6.08 Å². The molecule has 2 N–H and O–H groups in total. The molecule has 2 rings (SSSR count). The highest BCUT2D eigenvalue weighted by molar-refractivity contribution is 5.82. The van der Waals surface area contributed by atoms with Crippen molar-refractivity contribution in [3.05, 3.63) is 48.0 Å². The lowest BCUT2D eigenvalue weighted by atomic mass is 10.1. The highest BCUT2D eigenvalue weighted by atomic mass is 16.5. The Labute approximate surface area is 136 Å². The van der Waals surface area contributed by atoms with Gasteiger partial charge in [0.2, 0.25) is 0 Å². The van der Waals surface area contributed by atoms with E-state index >= 15 is 0 Å². The summed E-state index contributed by atoms with van der Waals surface area (Å²) >= 11 is 0. The molecular formula is C18H24O5. The van der Waals surface area contributed by atoms with Crippen LogP contribution in [0, 0.1) is 5.41 Å². The molecule has 0 aliphatic heterocycles. The number of carbonyl (C=O) groups is 1.